The highest BCUT2D eigenvalue weighted by molar-refractivity contribution is 6.06. The molecule has 5 aliphatic rings. The first-order chi connectivity index (χ1) is 24.3. The summed E-state index contributed by atoms with van der Waals surface area (Å²) in [5.41, 5.74) is -0.827. The molecule has 5 saturated heterocycles. The summed E-state index contributed by atoms with van der Waals surface area (Å²) in [7, 11) is 0. The average Bonchev–Trinajstić information content (AvgIpc) is 3.70. The molecule has 0 saturated carbocycles. The second kappa shape index (κ2) is 16.0. The van der Waals surface area contributed by atoms with Crippen LogP contribution in [0.1, 0.15) is 53.9 Å². The maximum absolute atomic E-state index is 13.7. The molecule has 19 nitrogen and oxygen atoms in total. The van der Waals surface area contributed by atoms with Crippen molar-refractivity contribution in [2.24, 2.45) is 23.7 Å². The number of unbranched alkanes of at least 4 members (excludes halogenated alkanes) is 1. The van der Waals surface area contributed by atoms with Crippen LogP contribution in [0.4, 0.5) is 4.79 Å². The van der Waals surface area contributed by atoms with Gasteiger partial charge in [0.15, 0.2) is 12.6 Å². The third-order valence-corrected chi connectivity index (χ3v) is 10.5. The van der Waals surface area contributed by atoms with Gasteiger partial charge in [0.05, 0.1) is 49.5 Å². The summed E-state index contributed by atoms with van der Waals surface area (Å²) in [6.45, 7) is 7.53. The quantitative estimate of drug-likeness (QED) is 0.0710. The molecule has 0 radical (unpaired) electrons. The molecule has 17 unspecified atom stereocenters. The van der Waals surface area contributed by atoms with Crippen LogP contribution in [0.15, 0.2) is 0 Å². The molecule has 19 heteroatoms. The van der Waals surface area contributed by atoms with Gasteiger partial charge in [0.1, 0.15) is 48.3 Å². The highest BCUT2D eigenvalue weighted by atomic mass is 16.7. The first kappa shape index (κ1) is 40.6. The summed E-state index contributed by atoms with van der Waals surface area (Å²) in [6, 6.07) is -1.25. The van der Waals surface area contributed by atoms with Gasteiger partial charge in [-0.25, -0.2) is 9.59 Å². The molecule has 5 fully saturated rings. The van der Waals surface area contributed by atoms with Crippen LogP contribution >= 0.6 is 0 Å². The van der Waals surface area contributed by atoms with Gasteiger partial charge in [-0.05, 0) is 53.9 Å². The van der Waals surface area contributed by atoms with Crippen molar-refractivity contribution in [3.05, 3.63) is 0 Å². The summed E-state index contributed by atoms with van der Waals surface area (Å²) < 4.78 is 34.3. The van der Waals surface area contributed by atoms with Crippen molar-refractivity contribution < 1.29 is 83.3 Å². The predicted molar refractivity (Wildman–Crippen MR) is 171 cm³/mol. The highest BCUT2D eigenvalue weighted by Gasteiger charge is 2.68. The van der Waals surface area contributed by atoms with Gasteiger partial charge in [-0.1, -0.05) is 0 Å². The van der Waals surface area contributed by atoms with E-state index in [1.807, 2.05) is 0 Å². The minimum atomic E-state index is -1.60. The monoisotopic (exact) mass is 748 g/mol. The maximum atomic E-state index is 13.7. The van der Waals surface area contributed by atoms with E-state index in [1.165, 1.54) is 13.8 Å². The number of ether oxygens (including phenoxy) is 6. The molecule has 17 atom stereocenters. The lowest BCUT2D eigenvalue weighted by molar-refractivity contribution is -0.302. The van der Waals surface area contributed by atoms with E-state index in [0.717, 1.165) is 4.90 Å². The van der Waals surface area contributed by atoms with Crippen molar-refractivity contribution in [1.82, 2.24) is 10.2 Å². The van der Waals surface area contributed by atoms with Crippen LogP contribution in [0.5, 0.6) is 0 Å². The number of nitrogens with zero attached hydrogens (tertiary/aromatic N) is 1. The van der Waals surface area contributed by atoms with E-state index in [4.69, 9.17) is 28.4 Å². The lowest BCUT2D eigenvalue weighted by Gasteiger charge is -2.41. The number of imide groups is 1. The molecule has 0 aromatic heterocycles. The van der Waals surface area contributed by atoms with Crippen molar-refractivity contribution in [3.63, 3.8) is 0 Å². The maximum Gasteiger partial charge on any atom is 0.408 e. The van der Waals surface area contributed by atoms with Crippen LogP contribution in [0.2, 0.25) is 0 Å². The summed E-state index contributed by atoms with van der Waals surface area (Å²) in [6.07, 6.45) is -15.5. The number of carboxylic acids is 1. The first-order valence-electron chi connectivity index (χ1n) is 17.7. The molecule has 52 heavy (non-hydrogen) atoms. The number of carbonyl (C=O) groups is 4. The Labute approximate surface area is 300 Å². The molecular formula is C33H52N2O17. The zero-order valence-corrected chi connectivity index (χ0v) is 29.7. The number of nitrogens with one attached hydrogen (secondary N) is 1. The van der Waals surface area contributed by atoms with Crippen LogP contribution in [-0.2, 0) is 42.8 Å². The van der Waals surface area contributed by atoms with Gasteiger partial charge < -0.3 is 69.5 Å². The number of aliphatic carboxylic acids is 1. The molecule has 0 aromatic rings. The van der Waals surface area contributed by atoms with E-state index in [-0.39, 0.29) is 39.0 Å². The van der Waals surface area contributed by atoms with Crippen molar-refractivity contribution >= 4 is 23.9 Å². The Morgan fingerprint density at radius 2 is 1.21 bits per heavy atom. The van der Waals surface area contributed by atoms with Gasteiger partial charge in [0, 0.05) is 18.4 Å². The topological polar surface area (TPSA) is 281 Å². The van der Waals surface area contributed by atoms with Gasteiger partial charge in [0.25, 0.3) is 0 Å². The Kier molecular flexibility index (Phi) is 12.5. The third-order valence-electron chi connectivity index (χ3n) is 10.5. The van der Waals surface area contributed by atoms with E-state index >= 15 is 0 Å². The van der Waals surface area contributed by atoms with Crippen LogP contribution in [0.3, 0.4) is 0 Å². The molecule has 0 aromatic carbocycles. The number of alkyl carbamates (subject to hydrolysis) is 1. The van der Waals surface area contributed by atoms with Gasteiger partial charge in [-0.3, -0.25) is 14.5 Å². The van der Waals surface area contributed by atoms with Crippen molar-refractivity contribution in [2.75, 3.05) is 19.8 Å². The number of aliphatic hydroxyl groups excluding tert-OH is 6. The van der Waals surface area contributed by atoms with E-state index in [2.05, 4.69) is 5.32 Å². The number of aliphatic hydroxyl groups is 6. The molecular weight excluding hydrogens is 696 g/mol. The molecule has 5 rings (SSSR count). The fourth-order valence-corrected chi connectivity index (χ4v) is 7.73. The number of rotatable bonds is 13. The lowest BCUT2D eigenvalue weighted by Crippen LogP contribution is -2.58. The Bertz CT molecular complexity index is 1250. The number of carbonyl (C=O) groups excluding carboxylic acids is 3. The molecule has 296 valence electrons. The number of likely N-dealkylation sites (tertiary alicyclic amines) is 1. The van der Waals surface area contributed by atoms with Gasteiger partial charge in [-0.2, -0.15) is 0 Å². The predicted octanol–water partition coefficient (Wildman–Crippen LogP) is -2.56. The second-order valence-corrected chi connectivity index (χ2v) is 15.3. The molecule has 8 N–H and O–H groups in total. The number of hydrogen-bond acceptors (Lipinski definition) is 16. The Morgan fingerprint density at radius 3 is 1.63 bits per heavy atom. The number of hydrogen-bond donors (Lipinski definition) is 8. The summed E-state index contributed by atoms with van der Waals surface area (Å²) >= 11 is 0. The fraction of sp³-hybridized carbons (Fsp3) is 0.879. The van der Waals surface area contributed by atoms with Gasteiger partial charge >= 0.3 is 12.1 Å². The Hall–Kier alpha value is -2.56. The standard InChI is InChI=1S/C33H52N2O17/c1-12-19(36)21(38)23(40)30(49-12)47-10-14-15(11-48-31-24(41)22(39)20(37)13(2)50-31)26-18-17(25(14)51-26)27(42)35(28(18)43)9-7-6-8-16(29(44)45)34-32(46)52-33(3,4)5/h12-26,30-31,36-41H,6-11H2,1-5H3,(H,34,46)(H,44,45). The number of fused-ring (bicyclic) bond motifs is 5. The van der Waals surface area contributed by atoms with Gasteiger partial charge in [-0.15, -0.1) is 0 Å². The Balaban J connectivity index is 1.25. The SMILES string of the molecule is CC1OC(OCC2C(COC3OC(C)C(O)C(O)C3O)C3OC2C2C(=O)N(CCCCC(NC(=O)OC(C)(C)C)C(=O)O)C(=O)C32)C(O)C(O)C1O. The van der Waals surface area contributed by atoms with Crippen LogP contribution < -0.4 is 5.32 Å². The number of carboxylic acid groups (broad SMARTS) is 1. The molecule has 2 bridgehead atoms. The van der Waals surface area contributed by atoms with E-state index < -0.39 is 133 Å². The fourth-order valence-electron chi connectivity index (χ4n) is 7.73. The zero-order chi connectivity index (χ0) is 38.4. The normalized spacial score (nSPS) is 42.3. The van der Waals surface area contributed by atoms with Crippen LogP contribution in [0.25, 0.3) is 0 Å². The zero-order valence-electron chi connectivity index (χ0n) is 29.7. The van der Waals surface area contributed by atoms with E-state index in [9.17, 15) is 54.9 Å². The average molecular weight is 749 g/mol. The minimum absolute atomic E-state index is 0.00830. The molecule has 0 aliphatic carbocycles. The van der Waals surface area contributed by atoms with Crippen LogP contribution in [-0.4, -0.2) is 170 Å². The summed E-state index contributed by atoms with van der Waals surface area (Å²) in [5, 5.41) is 73.6. The third kappa shape index (κ3) is 8.24. The number of amides is 3. The van der Waals surface area contributed by atoms with Crippen molar-refractivity contribution in [2.45, 2.75) is 139 Å². The largest absolute Gasteiger partial charge is 0.480 e. The molecule has 3 amide bonds. The molecule has 0 spiro atoms. The van der Waals surface area contributed by atoms with E-state index in [0.29, 0.717) is 0 Å². The van der Waals surface area contributed by atoms with Crippen LogP contribution in [0, 0.1) is 23.7 Å². The highest BCUT2D eigenvalue weighted by Crippen LogP contribution is 2.54. The summed E-state index contributed by atoms with van der Waals surface area (Å²) in [4.78, 5) is 52.5. The smallest absolute Gasteiger partial charge is 0.408 e. The summed E-state index contributed by atoms with van der Waals surface area (Å²) in [5.74, 6) is -5.27. The Morgan fingerprint density at radius 1 is 0.750 bits per heavy atom. The van der Waals surface area contributed by atoms with Crippen molar-refractivity contribution in [1.29, 1.82) is 0 Å². The van der Waals surface area contributed by atoms with Crippen molar-refractivity contribution in [3.8, 4) is 0 Å². The molecule has 5 heterocycles. The van der Waals surface area contributed by atoms with E-state index in [1.54, 1.807) is 20.8 Å². The lowest BCUT2D eigenvalue weighted by atomic mass is 9.69. The second-order valence-electron chi connectivity index (χ2n) is 15.3. The first-order valence-corrected chi connectivity index (χ1v) is 17.7. The molecule has 5 aliphatic heterocycles. The van der Waals surface area contributed by atoms with Gasteiger partial charge in [0.2, 0.25) is 11.8 Å². The minimum Gasteiger partial charge on any atom is -0.480 e.